The van der Waals surface area contributed by atoms with Gasteiger partial charge in [-0.1, -0.05) is 17.3 Å². The van der Waals surface area contributed by atoms with Gasteiger partial charge in [0.25, 0.3) is 0 Å². The molecular weight excluding hydrogens is 285 g/mol. The molecule has 0 spiro atoms. The lowest BCUT2D eigenvalue weighted by Gasteiger charge is -2.04. The molecule has 0 fully saturated rings. The van der Waals surface area contributed by atoms with Crippen molar-refractivity contribution in [1.82, 2.24) is 10.1 Å². The Hall–Kier alpha value is -1.80. The van der Waals surface area contributed by atoms with Crippen molar-refractivity contribution in [3.05, 3.63) is 36.0 Å². The van der Waals surface area contributed by atoms with E-state index in [1.807, 2.05) is 0 Å². The first kappa shape index (κ1) is 14.6. The molecule has 6 nitrogen and oxygen atoms in total. The monoisotopic (exact) mass is 299 g/mol. The third-order valence-electron chi connectivity index (χ3n) is 2.67. The zero-order valence-electron chi connectivity index (χ0n) is 10.8. The predicted octanol–water partition coefficient (Wildman–Crippen LogP) is 1.31. The van der Waals surface area contributed by atoms with Crippen LogP contribution in [-0.4, -0.2) is 30.6 Å². The molecule has 1 atom stereocenters. The Morgan fingerprint density at radius 2 is 2.10 bits per heavy atom. The van der Waals surface area contributed by atoms with Crippen molar-refractivity contribution >= 4 is 9.84 Å². The van der Waals surface area contributed by atoms with Crippen LogP contribution < -0.4 is 5.73 Å². The minimum atomic E-state index is -3.11. The largest absolute Gasteiger partial charge is 0.337 e. The number of sulfone groups is 1. The van der Waals surface area contributed by atoms with Gasteiger partial charge in [-0.25, -0.2) is 12.8 Å². The number of hydrogen-bond donors (Lipinski definition) is 1. The molecule has 108 valence electrons. The third-order valence-corrected chi connectivity index (χ3v) is 3.65. The molecule has 0 aliphatic rings. The fourth-order valence-corrected chi connectivity index (χ4v) is 2.28. The lowest BCUT2D eigenvalue weighted by atomic mass is 10.2. The number of nitrogens with zero attached hydrogens (tertiary/aromatic N) is 2. The average Bonchev–Trinajstić information content (AvgIpc) is 2.85. The van der Waals surface area contributed by atoms with E-state index in [2.05, 4.69) is 10.1 Å². The Labute approximate surface area is 115 Å². The van der Waals surface area contributed by atoms with E-state index in [4.69, 9.17) is 10.3 Å². The number of halogens is 1. The smallest absolute Gasteiger partial charge is 0.243 e. The molecule has 0 bridgehead atoms. The maximum Gasteiger partial charge on any atom is 0.243 e. The second kappa shape index (κ2) is 5.68. The molecule has 1 aromatic heterocycles. The van der Waals surface area contributed by atoms with Gasteiger partial charge in [0.15, 0.2) is 0 Å². The number of aromatic nitrogens is 2. The first-order valence-corrected chi connectivity index (χ1v) is 7.94. The molecular formula is C12H14FN3O3S. The summed E-state index contributed by atoms with van der Waals surface area (Å²) in [6, 6.07) is 5.31. The Kier molecular flexibility index (Phi) is 4.15. The summed E-state index contributed by atoms with van der Waals surface area (Å²) < 4.78 is 40.6. The van der Waals surface area contributed by atoms with Crippen molar-refractivity contribution in [2.24, 2.45) is 5.73 Å². The standard InChI is InChI=1S/C12H14FN3O3S/c1-20(17,18)7-6-10(14)12-15-11(16-19-12)8-4-2-3-5-9(8)13/h2-5,10H,6-7,14H2,1H3/t10-/m1/s1. The fourth-order valence-electron chi connectivity index (χ4n) is 1.60. The van der Waals surface area contributed by atoms with E-state index in [0.717, 1.165) is 6.26 Å². The van der Waals surface area contributed by atoms with Crippen LogP contribution in [0.1, 0.15) is 18.4 Å². The maximum atomic E-state index is 13.6. The molecule has 0 unspecified atom stereocenters. The average molecular weight is 299 g/mol. The van der Waals surface area contributed by atoms with E-state index in [1.165, 1.54) is 12.1 Å². The normalized spacial score (nSPS) is 13.3. The molecule has 0 amide bonds. The molecule has 2 N–H and O–H groups in total. The molecule has 2 aromatic rings. The van der Waals surface area contributed by atoms with Gasteiger partial charge in [0.2, 0.25) is 11.7 Å². The SMILES string of the molecule is CS(=O)(=O)CC[C@@H](N)c1nc(-c2ccccc2F)no1. The van der Waals surface area contributed by atoms with Crippen molar-refractivity contribution in [1.29, 1.82) is 0 Å². The van der Waals surface area contributed by atoms with Gasteiger partial charge in [-0.3, -0.25) is 0 Å². The van der Waals surface area contributed by atoms with E-state index in [0.29, 0.717) is 0 Å². The van der Waals surface area contributed by atoms with Gasteiger partial charge in [0.05, 0.1) is 17.4 Å². The lowest BCUT2D eigenvalue weighted by Crippen LogP contribution is -2.16. The minimum Gasteiger partial charge on any atom is -0.337 e. The molecule has 2 rings (SSSR count). The maximum absolute atomic E-state index is 13.6. The first-order chi connectivity index (χ1) is 9.37. The number of hydrogen-bond acceptors (Lipinski definition) is 6. The zero-order valence-corrected chi connectivity index (χ0v) is 11.6. The summed E-state index contributed by atoms with van der Waals surface area (Å²) in [5.41, 5.74) is 5.98. The van der Waals surface area contributed by atoms with E-state index < -0.39 is 21.7 Å². The highest BCUT2D eigenvalue weighted by Crippen LogP contribution is 2.21. The van der Waals surface area contributed by atoms with Gasteiger partial charge >= 0.3 is 0 Å². The summed E-state index contributed by atoms with van der Waals surface area (Å²) in [5, 5.41) is 3.66. The molecule has 0 aliphatic carbocycles. The number of rotatable bonds is 5. The van der Waals surface area contributed by atoms with E-state index in [1.54, 1.807) is 12.1 Å². The van der Waals surface area contributed by atoms with Gasteiger partial charge in [-0.2, -0.15) is 4.98 Å². The van der Waals surface area contributed by atoms with Crippen LogP contribution in [0, 0.1) is 5.82 Å². The minimum absolute atomic E-state index is 0.0778. The molecule has 20 heavy (non-hydrogen) atoms. The zero-order chi connectivity index (χ0) is 14.8. The van der Waals surface area contributed by atoms with Gasteiger partial charge in [-0.05, 0) is 18.6 Å². The Balaban J connectivity index is 2.15. The van der Waals surface area contributed by atoms with E-state index >= 15 is 0 Å². The summed E-state index contributed by atoms with van der Waals surface area (Å²) in [6.07, 6.45) is 1.29. The highest BCUT2D eigenvalue weighted by atomic mass is 32.2. The van der Waals surface area contributed by atoms with Crippen molar-refractivity contribution in [2.75, 3.05) is 12.0 Å². The molecule has 0 aliphatic heterocycles. The number of benzene rings is 1. The van der Waals surface area contributed by atoms with Crippen molar-refractivity contribution < 1.29 is 17.3 Å². The topological polar surface area (TPSA) is 99.1 Å². The van der Waals surface area contributed by atoms with Crippen LogP contribution in [0.4, 0.5) is 4.39 Å². The van der Waals surface area contributed by atoms with Crippen molar-refractivity contribution in [2.45, 2.75) is 12.5 Å². The second-order valence-electron chi connectivity index (χ2n) is 4.46. The van der Waals surface area contributed by atoms with Gasteiger partial charge in [0.1, 0.15) is 15.7 Å². The van der Waals surface area contributed by atoms with Crippen LogP contribution in [0.15, 0.2) is 28.8 Å². The summed E-state index contributed by atoms with van der Waals surface area (Å²) in [4.78, 5) is 4.00. The number of nitrogens with two attached hydrogens (primary N) is 1. The van der Waals surface area contributed by atoms with Crippen LogP contribution in [0.3, 0.4) is 0 Å². The van der Waals surface area contributed by atoms with Crippen LogP contribution in [-0.2, 0) is 9.84 Å². The van der Waals surface area contributed by atoms with E-state index in [9.17, 15) is 12.8 Å². The second-order valence-corrected chi connectivity index (χ2v) is 6.72. The van der Waals surface area contributed by atoms with E-state index in [-0.39, 0.29) is 29.5 Å². The van der Waals surface area contributed by atoms with Crippen LogP contribution >= 0.6 is 0 Å². The molecule has 0 radical (unpaired) electrons. The van der Waals surface area contributed by atoms with Crippen LogP contribution in [0.2, 0.25) is 0 Å². The highest BCUT2D eigenvalue weighted by Gasteiger charge is 2.18. The Morgan fingerprint density at radius 3 is 2.75 bits per heavy atom. The fraction of sp³-hybridized carbons (Fsp3) is 0.333. The molecule has 1 heterocycles. The Morgan fingerprint density at radius 1 is 1.40 bits per heavy atom. The predicted molar refractivity (Wildman–Crippen MR) is 70.9 cm³/mol. The van der Waals surface area contributed by atoms with Crippen LogP contribution in [0.5, 0.6) is 0 Å². The molecule has 8 heteroatoms. The molecule has 0 saturated heterocycles. The van der Waals surface area contributed by atoms with Crippen LogP contribution in [0.25, 0.3) is 11.4 Å². The lowest BCUT2D eigenvalue weighted by molar-refractivity contribution is 0.352. The first-order valence-electron chi connectivity index (χ1n) is 5.88. The quantitative estimate of drug-likeness (QED) is 0.893. The summed E-state index contributed by atoms with van der Waals surface area (Å²) in [5.74, 6) is -0.365. The van der Waals surface area contributed by atoms with Gasteiger partial charge < -0.3 is 10.3 Å². The van der Waals surface area contributed by atoms with Crippen molar-refractivity contribution in [3.63, 3.8) is 0 Å². The van der Waals surface area contributed by atoms with Gasteiger partial charge in [0, 0.05) is 6.26 Å². The highest BCUT2D eigenvalue weighted by molar-refractivity contribution is 7.90. The Bertz CT molecular complexity index is 699. The third kappa shape index (κ3) is 3.61. The summed E-state index contributed by atoms with van der Waals surface area (Å²) >= 11 is 0. The molecule has 0 saturated carbocycles. The summed E-state index contributed by atoms with van der Waals surface area (Å²) in [7, 11) is -3.11. The van der Waals surface area contributed by atoms with Gasteiger partial charge in [-0.15, -0.1) is 0 Å². The summed E-state index contributed by atoms with van der Waals surface area (Å²) in [6.45, 7) is 0. The molecule has 1 aromatic carbocycles. The van der Waals surface area contributed by atoms with Crippen molar-refractivity contribution in [3.8, 4) is 11.4 Å².